The molecule has 0 atom stereocenters. The van der Waals surface area contributed by atoms with Gasteiger partial charge in [-0.2, -0.15) is 0 Å². The number of benzene rings is 4. The summed E-state index contributed by atoms with van der Waals surface area (Å²) in [4.78, 5) is 0. The maximum atomic E-state index is 2.33. The summed E-state index contributed by atoms with van der Waals surface area (Å²) in [5.41, 5.74) is 1.77. The van der Waals surface area contributed by atoms with Gasteiger partial charge in [-0.25, -0.2) is 0 Å². The van der Waals surface area contributed by atoms with E-state index in [1.165, 1.54) is 64.2 Å². The minimum Gasteiger partial charge on any atom is -1.00 e. The molecule has 5 heteroatoms. The molecule has 0 spiro atoms. The van der Waals surface area contributed by atoms with Gasteiger partial charge in [0.15, 0.2) is 0 Å². The fourth-order valence-electron chi connectivity index (χ4n) is 6.17. The van der Waals surface area contributed by atoms with Crippen molar-refractivity contribution in [1.82, 2.24) is 0 Å². The molecule has 0 bridgehead atoms. The molecule has 0 saturated heterocycles. The summed E-state index contributed by atoms with van der Waals surface area (Å²) < 4.78 is 0. The smallest absolute Gasteiger partial charge is 1.00 e. The Hall–Kier alpha value is -1.17. The second-order valence-corrected chi connectivity index (χ2v) is 15.7. The average Bonchev–Trinajstić information content (AvgIpc) is 3.01. The first kappa shape index (κ1) is 36.0. The van der Waals surface area contributed by atoms with E-state index in [9.17, 15) is 0 Å². The molecule has 2 saturated carbocycles. The zero-order chi connectivity index (χ0) is 25.8. The monoisotopic (exact) mass is 665 g/mol. The molecule has 4 aromatic carbocycles. The Morgan fingerprint density at radius 2 is 0.561 bits per heavy atom. The molecular formula is C36H42Cl2CoP2. The van der Waals surface area contributed by atoms with Crippen molar-refractivity contribution in [1.29, 1.82) is 0 Å². The van der Waals surface area contributed by atoms with Crippen LogP contribution in [0.4, 0.5) is 0 Å². The molecule has 2 fully saturated rings. The molecule has 0 unspecified atom stereocenters. The third-order valence-electron chi connectivity index (χ3n) is 8.02. The third kappa shape index (κ3) is 10.5. The van der Waals surface area contributed by atoms with Crippen LogP contribution < -0.4 is 46.0 Å². The van der Waals surface area contributed by atoms with Crippen molar-refractivity contribution in [2.24, 2.45) is 0 Å². The Morgan fingerprint density at radius 3 is 0.780 bits per heavy atom. The van der Waals surface area contributed by atoms with Gasteiger partial charge in [0.2, 0.25) is 0 Å². The first-order valence-electron chi connectivity index (χ1n) is 14.7. The van der Waals surface area contributed by atoms with Gasteiger partial charge >= 0.3 is 16.8 Å². The zero-order valence-corrected chi connectivity index (χ0v) is 28.1. The first-order chi connectivity index (χ1) is 18.9. The van der Waals surface area contributed by atoms with E-state index in [2.05, 4.69) is 121 Å². The van der Waals surface area contributed by atoms with Crippen LogP contribution in [-0.4, -0.2) is 11.3 Å². The summed E-state index contributed by atoms with van der Waals surface area (Å²) in [6.45, 7) is 0. The summed E-state index contributed by atoms with van der Waals surface area (Å²) in [5.74, 6) is 0. The summed E-state index contributed by atoms with van der Waals surface area (Å²) in [5, 5.41) is 6.21. The number of rotatable bonds is 6. The van der Waals surface area contributed by atoms with Crippen molar-refractivity contribution >= 4 is 37.1 Å². The summed E-state index contributed by atoms with van der Waals surface area (Å²) in [7, 11) is -0.338. The second kappa shape index (κ2) is 19.9. The average molecular weight is 667 g/mol. The van der Waals surface area contributed by atoms with E-state index in [1.807, 2.05) is 0 Å². The van der Waals surface area contributed by atoms with Crippen LogP contribution in [0, 0.1) is 0 Å². The zero-order valence-electron chi connectivity index (χ0n) is 23.8. The van der Waals surface area contributed by atoms with E-state index in [0.717, 1.165) is 11.3 Å². The van der Waals surface area contributed by atoms with Crippen LogP contribution in [0.5, 0.6) is 0 Å². The van der Waals surface area contributed by atoms with Crippen molar-refractivity contribution in [2.45, 2.75) is 75.5 Å². The molecule has 0 heterocycles. The molecule has 219 valence electrons. The third-order valence-corrected chi connectivity index (χ3v) is 13.9. The minimum absolute atomic E-state index is 0. The van der Waals surface area contributed by atoms with Gasteiger partial charge in [0.1, 0.15) is 0 Å². The van der Waals surface area contributed by atoms with Crippen LogP contribution >= 0.6 is 15.8 Å². The van der Waals surface area contributed by atoms with Gasteiger partial charge in [0.05, 0.1) is 0 Å². The van der Waals surface area contributed by atoms with Gasteiger partial charge in [-0.1, -0.05) is 160 Å². The van der Waals surface area contributed by atoms with E-state index >= 15 is 0 Å². The maximum absolute atomic E-state index is 2.33. The molecule has 0 aliphatic heterocycles. The van der Waals surface area contributed by atoms with Crippen molar-refractivity contribution < 1.29 is 41.6 Å². The predicted octanol–water partition coefficient (Wildman–Crippen LogP) is 2.91. The van der Waals surface area contributed by atoms with E-state index in [1.54, 1.807) is 21.2 Å². The van der Waals surface area contributed by atoms with Gasteiger partial charge in [0.25, 0.3) is 0 Å². The Balaban J connectivity index is 0.000000267. The molecule has 0 aromatic heterocycles. The van der Waals surface area contributed by atoms with Gasteiger partial charge in [-0.05, 0) is 74.1 Å². The van der Waals surface area contributed by atoms with Crippen molar-refractivity contribution in [3.63, 3.8) is 0 Å². The molecule has 41 heavy (non-hydrogen) atoms. The second-order valence-electron chi connectivity index (χ2n) is 10.7. The fraction of sp³-hybridized carbons (Fsp3) is 0.333. The largest absolute Gasteiger partial charge is 2.00 e. The number of hydrogen-bond acceptors (Lipinski definition) is 0. The summed E-state index contributed by atoms with van der Waals surface area (Å²) >= 11 is 0. The Morgan fingerprint density at radius 1 is 0.341 bits per heavy atom. The van der Waals surface area contributed by atoms with Crippen LogP contribution in [0.3, 0.4) is 0 Å². The number of hydrogen-bond donors (Lipinski definition) is 0. The fourth-order valence-corrected chi connectivity index (χ4v) is 12.2. The topological polar surface area (TPSA) is 0 Å². The molecule has 0 N–H and O–H groups in total. The Kier molecular flexibility index (Phi) is 17.5. The SMILES string of the molecule is [Cl-].[Cl-].[Co+2].c1ccc(P(c2ccccc2)C2CCCCC2)cc1.c1ccc(P(c2ccccc2)C2CCCCC2)cc1. The van der Waals surface area contributed by atoms with Crippen molar-refractivity contribution in [2.75, 3.05) is 0 Å². The van der Waals surface area contributed by atoms with E-state index in [-0.39, 0.29) is 57.4 Å². The van der Waals surface area contributed by atoms with Crippen molar-refractivity contribution in [3.8, 4) is 0 Å². The van der Waals surface area contributed by atoms with Crippen LogP contribution in [0.2, 0.25) is 0 Å². The van der Waals surface area contributed by atoms with E-state index in [4.69, 9.17) is 0 Å². The van der Waals surface area contributed by atoms with Crippen molar-refractivity contribution in [3.05, 3.63) is 121 Å². The molecule has 2 aliphatic carbocycles. The number of halogens is 2. The summed E-state index contributed by atoms with van der Waals surface area (Å²) in [6, 6.07) is 44.7. The normalized spacial score (nSPS) is 15.5. The van der Waals surface area contributed by atoms with Crippen LogP contribution in [0.1, 0.15) is 64.2 Å². The molecule has 0 amide bonds. The standard InChI is InChI=1S/2C18H21P.2ClH.Co/c2*1-4-10-16(11-5-1)19(17-12-6-2-7-13-17)18-14-8-3-9-15-18;;;/h2*1-2,4-7,10-13,18H,3,8-9,14-15H2;2*1H;/q;;;;+2/p-2. The predicted molar refractivity (Wildman–Crippen MR) is 172 cm³/mol. The molecule has 4 aromatic rings. The molecule has 1 radical (unpaired) electrons. The van der Waals surface area contributed by atoms with Crippen LogP contribution in [-0.2, 0) is 16.8 Å². The Bertz CT molecular complexity index is 1010. The Labute approximate surface area is 274 Å². The van der Waals surface area contributed by atoms with E-state index in [0.29, 0.717) is 0 Å². The molecular weight excluding hydrogens is 624 g/mol. The molecule has 6 rings (SSSR count). The molecule has 2 aliphatic rings. The van der Waals surface area contributed by atoms with E-state index < -0.39 is 0 Å². The summed E-state index contributed by atoms with van der Waals surface area (Å²) in [6.07, 6.45) is 14.2. The quantitative estimate of drug-likeness (QED) is 0.278. The van der Waals surface area contributed by atoms with Crippen LogP contribution in [0.15, 0.2) is 121 Å². The van der Waals surface area contributed by atoms with Gasteiger partial charge in [-0.3, -0.25) is 0 Å². The van der Waals surface area contributed by atoms with Gasteiger partial charge in [-0.15, -0.1) is 0 Å². The van der Waals surface area contributed by atoms with Gasteiger partial charge in [0, 0.05) is 0 Å². The maximum Gasteiger partial charge on any atom is 2.00 e. The van der Waals surface area contributed by atoms with Gasteiger partial charge < -0.3 is 24.8 Å². The first-order valence-corrected chi connectivity index (χ1v) is 17.5. The van der Waals surface area contributed by atoms with Crippen LogP contribution in [0.25, 0.3) is 0 Å². The minimum atomic E-state index is -0.169. The molecule has 0 nitrogen and oxygen atoms in total.